The van der Waals surface area contributed by atoms with Gasteiger partial charge < -0.3 is 10.2 Å². The van der Waals surface area contributed by atoms with E-state index in [0.29, 0.717) is 39.6 Å². The molecule has 0 saturated heterocycles. The first-order valence-electron chi connectivity index (χ1n) is 10.6. The lowest BCUT2D eigenvalue weighted by atomic mass is 10.1. The molecule has 0 spiro atoms. The summed E-state index contributed by atoms with van der Waals surface area (Å²) in [5, 5.41) is 7.84. The van der Waals surface area contributed by atoms with Crippen molar-refractivity contribution in [1.29, 1.82) is 0 Å². The van der Waals surface area contributed by atoms with Gasteiger partial charge in [0, 0.05) is 42.3 Å². The summed E-state index contributed by atoms with van der Waals surface area (Å²) in [4.78, 5) is 27.8. The number of anilines is 2. The van der Waals surface area contributed by atoms with E-state index in [9.17, 15) is 9.59 Å². The zero-order valence-corrected chi connectivity index (χ0v) is 18.7. The number of halogens is 1. The molecular weight excluding hydrogens is 436 g/mol. The van der Waals surface area contributed by atoms with Gasteiger partial charge in [-0.05, 0) is 48.4 Å². The number of hydrogen-bond acceptors (Lipinski definition) is 3. The molecule has 0 saturated carbocycles. The number of amides is 2. The number of nitrogens with one attached hydrogen (secondary N) is 1. The van der Waals surface area contributed by atoms with Gasteiger partial charge in [0.2, 0.25) is 0 Å². The molecule has 7 heteroatoms. The number of hydrogen-bond donors (Lipinski definition) is 1. The van der Waals surface area contributed by atoms with Crippen LogP contribution in [0.25, 0.3) is 11.3 Å². The number of carbonyl (C=O) groups is 2. The molecule has 0 aliphatic carbocycles. The second-order valence-corrected chi connectivity index (χ2v) is 8.32. The third kappa shape index (κ3) is 4.01. The Morgan fingerprint density at radius 2 is 1.70 bits per heavy atom. The third-order valence-electron chi connectivity index (χ3n) is 5.72. The van der Waals surface area contributed by atoms with Gasteiger partial charge >= 0.3 is 0 Å². The van der Waals surface area contributed by atoms with E-state index in [4.69, 9.17) is 11.6 Å². The zero-order chi connectivity index (χ0) is 22.9. The topological polar surface area (TPSA) is 67.2 Å². The van der Waals surface area contributed by atoms with E-state index in [-0.39, 0.29) is 11.8 Å². The highest BCUT2D eigenvalue weighted by Gasteiger charge is 2.25. The molecule has 2 amide bonds. The van der Waals surface area contributed by atoms with E-state index >= 15 is 0 Å². The lowest BCUT2D eigenvalue weighted by Crippen LogP contribution is -2.28. The first-order valence-corrected chi connectivity index (χ1v) is 11.0. The fourth-order valence-corrected chi connectivity index (χ4v) is 4.33. The largest absolute Gasteiger partial charge is 0.322 e. The van der Waals surface area contributed by atoms with Crippen LogP contribution in [0, 0.1) is 0 Å². The van der Waals surface area contributed by atoms with E-state index in [1.165, 1.54) is 5.56 Å². The van der Waals surface area contributed by atoms with Gasteiger partial charge in [0.15, 0.2) is 0 Å². The average molecular weight is 457 g/mol. The van der Waals surface area contributed by atoms with Gasteiger partial charge in [0.25, 0.3) is 11.8 Å². The first kappa shape index (κ1) is 21.0. The molecule has 1 N–H and O–H groups in total. The number of rotatable bonds is 4. The number of para-hydroxylation sites is 1. The Bertz CT molecular complexity index is 1360. The average Bonchev–Trinajstić information content (AvgIpc) is 3.43. The Labute approximate surface area is 196 Å². The molecule has 6 nitrogen and oxygen atoms in total. The van der Waals surface area contributed by atoms with Crippen LogP contribution in [0.15, 0.2) is 79.0 Å². The number of carbonyl (C=O) groups excluding carboxylic acids is 2. The van der Waals surface area contributed by atoms with Gasteiger partial charge in [-0.15, -0.1) is 0 Å². The molecule has 0 fully saturated rings. The van der Waals surface area contributed by atoms with Crippen molar-refractivity contribution >= 4 is 34.8 Å². The van der Waals surface area contributed by atoms with Gasteiger partial charge in [-0.3, -0.25) is 14.3 Å². The molecule has 0 bridgehead atoms. The number of nitrogens with zero attached hydrogens (tertiary/aromatic N) is 3. The molecule has 164 valence electrons. The lowest BCUT2D eigenvalue weighted by Gasteiger charge is -2.17. The number of benzene rings is 3. The summed E-state index contributed by atoms with van der Waals surface area (Å²) >= 11 is 6.32. The predicted octanol–water partition coefficient (Wildman–Crippen LogP) is 5.20. The van der Waals surface area contributed by atoms with Crippen LogP contribution >= 0.6 is 11.6 Å². The molecular formula is C26H21ClN4O2. The Morgan fingerprint density at radius 3 is 2.48 bits per heavy atom. The van der Waals surface area contributed by atoms with Crippen molar-refractivity contribution in [1.82, 2.24) is 9.78 Å². The Hall–Kier alpha value is -3.90. The van der Waals surface area contributed by atoms with Crippen molar-refractivity contribution in [3.05, 3.63) is 101 Å². The standard InChI is InChI=1S/C26H21ClN4O2/c1-30-16-21(24(29-30)20-7-3-4-8-22(20)27)25(32)28-19-12-10-18(11-13-19)26(33)31-15-14-17-6-2-5-9-23(17)31/h2-13,16H,14-15H2,1H3,(H,28,32). The number of aryl methyl sites for hydroxylation is 1. The molecule has 1 aromatic heterocycles. The highest BCUT2D eigenvalue weighted by molar-refractivity contribution is 6.33. The van der Waals surface area contributed by atoms with Crippen LogP contribution in [-0.4, -0.2) is 28.1 Å². The van der Waals surface area contributed by atoms with Crippen molar-refractivity contribution in [3.63, 3.8) is 0 Å². The molecule has 0 radical (unpaired) electrons. The van der Waals surface area contributed by atoms with Crippen LogP contribution < -0.4 is 10.2 Å². The summed E-state index contributed by atoms with van der Waals surface area (Å²) in [6.45, 7) is 0.669. The monoisotopic (exact) mass is 456 g/mol. The van der Waals surface area contributed by atoms with E-state index in [1.807, 2.05) is 36.4 Å². The van der Waals surface area contributed by atoms with Gasteiger partial charge in [0.1, 0.15) is 5.69 Å². The first-order chi connectivity index (χ1) is 16.0. The van der Waals surface area contributed by atoms with Crippen LogP contribution in [0.1, 0.15) is 26.3 Å². The van der Waals surface area contributed by atoms with Crippen LogP contribution in [-0.2, 0) is 13.5 Å². The minimum absolute atomic E-state index is 0.0499. The summed E-state index contributed by atoms with van der Waals surface area (Å²) in [5.41, 5.74) is 4.93. The van der Waals surface area contributed by atoms with Crippen molar-refractivity contribution in [2.45, 2.75) is 6.42 Å². The summed E-state index contributed by atoms with van der Waals surface area (Å²) < 4.78 is 1.59. The fourth-order valence-electron chi connectivity index (χ4n) is 4.11. The second-order valence-electron chi connectivity index (χ2n) is 7.91. The summed E-state index contributed by atoms with van der Waals surface area (Å²) in [5.74, 6) is -0.350. The Morgan fingerprint density at radius 1 is 0.970 bits per heavy atom. The van der Waals surface area contributed by atoms with Crippen LogP contribution in [0.5, 0.6) is 0 Å². The van der Waals surface area contributed by atoms with Crippen molar-refractivity contribution < 1.29 is 9.59 Å². The van der Waals surface area contributed by atoms with Crippen molar-refractivity contribution in [2.75, 3.05) is 16.8 Å². The van der Waals surface area contributed by atoms with E-state index in [1.54, 1.807) is 53.2 Å². The molecule has 2 heterocycles. The lowest BCUT2D eigenvalue weighted by molar-refractivity contribution is 0.0988. The normalized spacial score (nSPS) is 12.5. The molecule has 0 unspecified atom stereocenters. The molecule has 5 rings (SSSR count). The maximum atomic E-state index is 13.0. The maximum absolute atomic E-state index is 13.0. The van der Waals surface area contributed by atoms with Crippen molar-refractivity contribution in [2.24, 2.45) is 7.05 Å². The zero-order valence-electron chi connectivity index (χ0n) is 18.0. The Balaban J connectivity index is 1.34. The van der Waals surface area contributed by atoms with Crippen LogP contribution in [0.4, 0.5) is 11.4 Å². The van der Waals surface area contributed by atoms with E-state index < -0.39 is 0 Å². The van der Waals surface area contributed by atoms with Gasteiger partial charge in [-0.1, -0.05) is 48.0 Å². The van der Waals surface area contributed by atoms with Crippen molar-refractivity contribution in [3.8, 4) is 11.3 Å². The quantitative estimate of drug-likeness (QED) is 0.459. The summed E-state index contributed by atoms with van der Waals surface area (Å²) in [6, 6.07) is 22.2. The smallest absolute Gasteiger partial charge is 0.259 e. The fraction of sp³-hybridized carbons (Fsp3) is 0.115. The molecule has 4 aromatic rings. The molecule has 1 aliphatic rings. The highest BCUT2D eigenvalue weighted by atomic mass is 35.5. The second kappa shape index (κ2) is 8.56. The van der Waals surface area contributed by atoms with Gasteiger partial charge in [-0.2, -0.15) is 5.10 Å². The highest BCUT2D eigenvalue weighted by Crippen LogP contribution is 2.30. The molecule has 1 aliphatic heterocycles. The number of aromatic nitrogens is 2. The van der Waals surface area contributed by atoms with E-state index in [0.717, 1.165) is 12.1 Å². The SMILES string of the molecule is Cn1cc(C(=O)Nc2ccc(C(=O)N3CCc4ccccc43)cc2)c(-c2ccccc2Cl)n1. The van der Waals surface area contributed by atoms with Gasteiger partial charge in [-0.25, -0.2) is 0 Å². The summed E-state index contributed by atoms with van der Waals surface area (Å²) in [7, 11) is 1.76. The Kier molecular flexibility index (Phi) is 5.44. The number of fused-ring (bicyclic) bond motifs is 1. The minimum Gasteiger partial charge on any atom is -0.322 e. The molecule has 33 heavy (non-hydrogen) atoms. The maximum Gasteiger partial charge on any atom is 0.259 e. The summed E-state index contributed by atoms with van der Waals surface area (Å²) in [6.07, 6.45) is 2.52. The minimum atomic E-state index is -0.300. The van der Waals surface area contributed by atoms with Crippen LogP contribution in [0.2, 0.25) is 5.02 Å². The third-order valence-corrected chi connectivity index (χ3v) is 6.05. The molecule has 0 atom stereocenters. The predicted molar refractivity (Wildman–Crippen MR) is 130 cm³/mol. The van der Waals surface area contributed by atoms with E-state index in [2.05, 4.69) is 16.5 Å². The van der Waals surface area contributed by atoms with Crippen LogP contribution in [0.3, 0.4) is 0 Å². The van der Waals surface area contributed by atoms with Gasteiger partial charge in [0.05, 0.1) is 10.6 Å². The molecule has 3 aromatic carbocycles.